The molecule has 1 fully saturated rings. The second kappa shape index (κ2) is 7.51. The largest absolute Gasteiger partial charge is 0.444 e. The van der Waals surface area contributed by atoms with Crippen LogP contribution in [0.15, 0.2) is 0 Å². The molecule has 23 heavy (non-hydrogen) atoms. The molecule has 1 saturated heterocycles. The Labute approximate surface area is 140 Å². The molecular weight excluding hydrogens is 294 g/mol. The smallest absolute Gasteiger partial charge is 0.410 e. The van der Waals surface area contributed by atoms with Crippen LogP contribution >= 0.6 is 0 Å². The van der Waals surface area contributed by atoms with Gasteiger partial charge in [-0.1, -0.05) is 0 Å². The molecule has 2 amide bonds. The van der Waals surface area contributed by atoms with Gasteiger partial charge in [0.05, 0.1) is 5.41 Å². The van der Waals surface area contributed by atoms with E-state index in [4.69, 9.17) is 10.5 Å². The quantitative estimate of drug-likeness (QED) is 0.810. The zero-order chi connectivity index (χ0) is 17.8. The van der Waals surface area contributed by atoms with E-state index in [2.05, 4.69) is 12.2 Å². The van der Waals surface area contributed by atoms with Gasteiger partial charge < -0.3 is 20.7 Å². The first-order valence-corrected chi connectivity index (χ1v) is 8.43. The van der Waals surface area contributed by atoms with Gasteiger partial charge in [-0.05, 0) is 60.3 Å². The Bertz CT molecular complexity index is 429. The highest BCUT2D eigenvalue weighted by atomic mass is 16.6. The Morgan fingerprint density at radius 1 is 1.30 bits per heavy atom. The first-order chi connectivity index (χ1) is 10.4. The van der Waals surface area contributed by atoms with E-state index in [0.717, 1.165) is 19.4 Å². The molecule has 0 saturated carbocycles. The summed E-state index contributed by atoms with van der Waals surface area (Å²) in [7, 11) is 0. The lowest BCUT2D eigenvalue weighted by Crippen LogP contribution is -2.50. The molecule has 0 aromatic carbocycles. The van der Waals surface area contributed by atoms with Crippen LogP contribution in [-0.2, 0) is 9.53 Å². The molecule has 6 heteroatoms. The van der Waals surface area contributed by atoms with E-state index >= 15 is 0 Å². The Morgan fingerprint density at radius 3 is 2.43 bits per heavy atom. The van der Waals surface area contributed by atoms with E-state index in [1.165, 1.54) is 0 Å². The minimum Gasteiger partial charge on any atom is -0.444 e. The predicted octanol–water partition coefficient (Wildman–Crippen LogP) is 2.12. The van der Waals surface area contributed by atoms with E-state index in [9.17, 15) is 9.59 Å². The molecule has 3 N–H and O–H groups in total. The van der Waals surface area contributed by atoms with Gasteiger partial charge in [-0.25, -0.2) is 4.79 Å². The van der Waals surface area contributed by atoms with E-state index in [-0.39, 0.29) is 18.0 Å². The van der Waals surface area contributed by atoms with Crippen molar-refractivity contribution in [1.82, 2.24) is 10.2 Å². The van der Waals surface area contributed by atoms with Crippen LogP contribution in [0.5, 0.6) is 0 Å². The molecule has 6 nitrogen and oxygen atoms in total. The maximum absolute atomic E-state index is 12.2. The molecule has 2 unspecified atom stereocenters. The number of nitrogens with one attached hydrogen (secondary N) is 1. The summed E-state index contributed by atoms with van der Waals surface area (Å²) in [6, 6.07) is 0.207. The third kappa shape index (κ3) is 6.37. The van der Waals surface area contributed by atoms with Crippen LogP contribution in [-0.4, -0.2) is 48.2 Å². The number of rotatable bonds is 5. The fraction of sp³-hybridized carbons (Fsp3) is 0.882. The first kappa shape index (κ1) is 19.7. The lowest BCUT2D eigenvalue weighted by atomic mass is 9.89. The normalized spacial score (nSPS) is 21.0. The van der Waals surface area contributed by atoms with Gasteiger partial charge in [0, 0.05) is 25.7 Å². The van der Waals surface area contributed by atoms with E-state index in [1.807, 2.05) is 34.6 Å². The van der Waals surface area contributed by atoms with Crippen LogP contribution in [0.1, 0.15) is 54.4 Å². The predicted molar refractivity (Wildman–Crippen MR) is 91.0 cm³/mol. The van der Waals surface area contributed by atoms with Crippen molar-refractivity contribution in [2.75, 3.05) is 19.6 Å². The van der Waals surface area contributed by atoms with Gasteiger partial charge in [0.15, 0.2) is 0 Å². The standard InChI is InChI=1S/C17H33N3O3/c1-12(19-11-17(5,6)14(18)21)13-8-7-9-20(10-13)15(22)23-16(2,3)4/h12-13,19H,7-11H2,1-6H3,(H2,18,21). The number of nitrogens with two attached hydrogens (primary N) is 1. The summed E-state index contributed by atoms with van der Waals surface area (Å²) in [5.74, 6) is 0.0381. The number of primary amides is 1. The first-order valence-electron chi connectivity index (χ1n) is 8.43. The van der Waals surface area contributed by atoms with E-state index in [0.29, 0.717) is 19.0 Å². The van der Waals surface area contributed by atoms with Gasteiger partial charge in [-0.15, -0.1) is 0 Å². The molecule has 0 radical (unpaired) electrons. The van der Waals surface area contributed by atoms with Crippen LogP contribution in [0, 0.1) is 11.3 Å². The highest BCUT2D eigenvalue weighted by molar-refractivity contribution is 5.80. The second-order valence-electron chi connectivity index (χ2n) is 8.25. The third-order valence-electron chi connectivity index (χ3n) is 4.35. The fourth-order valence-corrected chi connectivity index (χ4v) is 2.58. The summed E-state index contributed by atoms with van der Waals surface area (Å²) in [6.45, 7) is 13.4. The van der Waals surface area contributed by atoms with Gasteiger partial charge >= 0.3 is 6.09 Å². The monoisotopic (exact) mass is 327 g/mol. The second-order valence-corrected chi connectivity index (χ2v) is 8.25. The Balaban J connectivity index is 2.54. The van der Waals surface area contributed by atoms with Crippen molar-refractivity contribution in [3.05, 3.63) is 0 Å². The summed E-state index contributed by atoms with van der Waals surface area (Å²) in [5, 5.41) is 3.40. The number of ether oxygens (including phenoxy) is 1. The molecule has 0 spiro atoms. The third-order valence-corrected chi connectivity index (χ3v) is 4.35. The minimum atomic E-state index is -0.576. The minimum absolute atomic E-state index is 0.207. The molecule has 134 valence electrons. The number of hydrogen-bond acceptors (Lipinski definition) is 4. The maximum atomic E-state index is 12.2. The van der Waals surface area contributed by atoms with Gasteiger partial charge in [0.25, 0.3) is 0 Å². The van der Waals surface area contributed by atoms with Gasteiger partial charge in [-0.2, -0.15) is 0 Å². The SMILES string of the molecule is CC(NCC(C)(C)C(N)=O)C1CCCN(C(=O)OC(C)(C)C)C1. The van der Waals surface area contributed by atoms with Crippen molar-refractivity contribution >= 4 is 12.0 Å². The number of likely N-dealkylation sites (tertiary alicyclic amines) is 1. The summed E-state index contributed by atoms with van der Waals surface area (Å²) in [6.07, 6.45) is 1.78. The Kier molecular flexibility index (Phi) is 6.45. The molecule has 1 rings (SSSR count). The van der Waals surface area contributed by atoms with Crippen molar-refractivity contribution < 1.29 is 14.3 Å². The lowest BCUT2D eigenvalue weighted by Gasteiger charge is -2.37. The number of carbonyl (C=O) groups is 2. The van der Waals surface area contributed by atoms with Crippen LogP contribution in [0.25, 0.3) is 0 Å². The van der Waals surface area contributed by atoms with Crippen molar-refractivity contribution in [3.63, 3.8) is 0 Å². The van der Waals surface area contributed by atoms with Crippen LogP contribution < -0.4 is 11.1 Å². The fourth-order valence-electron chi connectivity index (χ4n) is 2.58. The van der Waals surface area contributed by atoms with Gasteiger partial charge in [-0.3, -0.25) is 4.79 Å². The Morgan fingerprint density at radius 2 is 1.91 bits per heavy atom. The average Bonchev–Trinajstić information content (AvgIpc) is 2.43. The summed E-state index contributed by atoms with van der Waals surface area (Å²) >= 11 is 0. The van der Waals surface area contributed by atoms with Crippen molar-refractivity contribution in [3.8, 4) is 0 Å². The van der Waals surface area contributed by atoms with E-state index < -0.39 is 11.0 Å². The topological polar surface area (TPSA) is 84.7 Å². The van der Waals surface area contributed by atoms with Crippen molar-refractivity contribution in [2.45, 2.75) is 66.0 Å². The number of hydrogen-bond donors (Lipinski definition) is 2. The summed E-state index contributed by atoms with van der Waals surface area (Å²) < 4.78 is 5.46. The molecule has 2 atom stereocenters. The molecule has 0 aromatic heterocycles. The van der Waals surface area contributed by atoms with Crippen LogP contribution in [0.3, 0.4) is 0 Å². The molecular formula is C17H33N3O3. The number of carbonyl (C=O) groups excluding carboxylic acids is 2. The zero-order valence-electron chi connectivity index (χ0n) is 15.4. The summed E-state index contributed by atoms with van der Waals surface area (Å²) in [4.78, 5) is 25.4. The van der Waals surface area contributed by atoms with Crippen LogP contribution in [0.4, 0.5) is 4.79 Å². The Hall–Kier alpha value is -1.30. The molecule has 1 heterocycles. The highest BCUT2D eigenvalue weighted by Gasteiger charge is 2.31. The number of amides is 2. The van der Waals surface area contributed by atoms with E-state index in [1.54, 1.807) is 4.90 Å². The lowest BCUT2D eigenvalue weighted by molar-refractivity contribution is -0.125. The molecule has 0 aromatic rings. The van der Waals surface area contributed by atoms with Crippen molar-refractivity contribution in [2.24, 2.45) is 17.1 Å². The number of piperidine rings is 1. The highest BCUT2D eigenvalue weighted by Crippen LogP contribution is 2.22. The average molecular weight is 327 g/mol. The molecule has 1 aliphatic heterocycles. The summed E-state index contributed by atoms with van der Waals surface area (Å²) in [5.41, 5.74) is 4.36. The van der Waals surface area contributed by atoms with Gasteiger partial charge in [0.1, 0.15) is 5.60 Å². The zero-order valence-corrected chi connectivity index (χ0v) is 15.4. The number of nitrogens with zero attached hydrogens (tertiary/aromatic N) is 1. The van der Waals surface area contributed by atoms with Gasteiger partial charge in [0.2, 0.25) is 5.91 Å². The molecule has 1 aliphatic rings. The maximum Gasteiger partial charge on any atom is 0.410 e. The molecule has 0 aliphatic carbocycles. The van der Waals surface area contributed by atoms with Crippen molar-refractivity contribution in [1.29, 1.82) is 0 Å². The molecule has 0 bridgehead atoms. The van der Waals surface area contributed by atoms with Crippen LogP contribution in [0.2, 0.25) is 0 Å².